The van der Waals surface area contributed by atoms with Crippen molar-refractivity contribution in [3.63, 3.8) is 0 Å². The van der Waals surface area contributed by atoms with Gasteiger partial charge in [-0.15, -0.1) is 0 Å². The molecule has 94 valence electrons. The van der Waals surface area contributed by atoms with Gasteiger partial charge < -0.3 is 14.9 Å². The fourth-order valence-electron chi connectivity index (χ4n) is 2.25. The van der Waals surface area contributed by atoms with Gasteiger partial charge in [-0.3, -0.25) is 4.79 Å². The number of carbonyl (C=O) groups excluding carboxylic acids is 1. The molecule has 0 aliphatic carbocycles. The first kappa shape index (κ1) is 12.0. The van der Waals surface area contributed by atoms with E-state index in [0.717, 1.165) is 13.0 Å². The largest absolute Gasteiger partial charge is 0.481 e. The van der Waals surface area contributed by atoms with Crippen molar-refractivity contribution in [2.24, 2.45) is 5.92 Å². The minimum absolute atomic E-state index is 0.0513. The second-order valence-corrected chi connectivity index (χ2v) is 4.90. The summed E-state index contributed by atoms with van der Waals surface area (Å²) >= 11 is 0. The van der Waals surface area contributed by atoms with Gasteiger partial charge in [-0.2, -0.15) is 0 Å². The molecule has 0 spiro atoms. The van der Waals surface area contributed by atoms with Crippen LogP contribution in [0.25, 0.3) is 0 Å². The fraction of sp³-hybridized carbons (Fsp3) is 0.667. The van der Waals surface area contributed by atoms with E-state index in [-0.39, 0.29) is 18.4 Å². The number of hydrogen-bond acceptors (Lipinski definition) is 2. The van der Waals surface area contributed by atoms with E-state index in [4.69, 9.17) is 5.11 Å². The molecule has 1 saturated heterocycles. The van der Waals surface area contributed by atoms with Gasteiger partial charge in [-0.05, 0) is 13.3 Å². The third-order valence-electron chi connectivity index (χ3n) is 3.40. The van der Waals surface area contributed by atoms with Crippen molar-refractivity contribution in [2.45, 2.75) is 19.8 Å². The number of rotatable bonds is 2. The summed E-state index contributed by atoms with van der Waals surface area (Å²) in [5, 5.41) is 8.63. The van der Waals surface area contributed by atoms with Crippen LogP contribution in [0.1, 0.15) is 19.8 Å². The molecule has 0 aromatic heterocycles. The van der Waals surface area contributed by atoms with Crippen molar-refractivity contribution in [1.29, 1.82) is 0 Å². The maximum Gasteiger partial charge on any atom is 0.320 e. The van der Waals surface area contributed by atoms with E-state index in [1.54, 1.807) is 4.90 Å². The average molecular weight is 238 g/mol. The highest BCUT2D eigenvalue weighted by molar-refractivity contribution is 5.76. The fourth-order valence-corrected chi connectivity index (χ4v) is 2.25. The SMILES string of the molecule is CC1=CCN(C(=O)N2CC(CC(=O)O)C2)CC1. The number of amides is 2. The second kappa shape index (κ2) is 4.77. The topological polar surface area (TPSA) is 60.9 Å². The van der Waals surface area contributed by atoms with Crippen LogP contribution in [0.15, 0.2) is 11.6 Å². The van der Waals surface area contributed by atoms with Crippen molar-refractivity contribution in [1.82, 2.24) is 9.80 Å². The Hall–Kier alpha value is -1.52. The number of carbonyl (C=O) groups is 2. The van der Waals surface area contributed by atoms with Crippen molar-refractivity contribution < 1.29 is 14.7 Å². The summed E-state index contributed by atoms with van der Waals surface area (Å²) in [4.78, 5) is 26.1. The van der Waals surface area contributed by atoms with E-state index in [1.165, 1.54) is 5.57 Å². The van der Waals surface area contributed by atoms with E-state index < -0.39 is 5.97 Å². The third kappa shape index (κ3) is 2.78. The first-order valence-corrected chi connectivity index (χ1v) is 5.97. The molecule has 1 N–H and O–H groups in total. The molecule has 0 aromatic carbocycles. The normalized spacial score (nSPS) is 20.9. The Morgan fingerprint density at radius 2 is 2.12 bits per heavy atom. The lowest BCUT2D eigenvalue weighted by atomic mass is 9.97. The molecular formula is C12H18N2O3. The lowest BCUT2D eigenvalue weighted by Gasteiger charge is -2.42. The highest BCUT2D eigenvalue weighted by Gasteiger charge is 2.34. The first-order chi connectivity index (χ1) is 8.06. The lowest BCUT2D eigenvalue weighted by Crippen LogP contribution is -2.55. The van der Waals surface area contributed by atoms with Crippen LogP contribution < -0.4 is 0 Å². The van der Waals surface area contributed by atoms with Crippen LogP contribution in [0.5, 0.6) is 0 Å². The van der Waals surface area contributed by atoms with Gasteiger partial charge in [0.25, 0.3) is 0 Å². The van der Waals surface area contributed by atoms with Crippen LogP contribution in [0.3, 0.4) is 0 Å². The summed E-state index contributed by atoms with van der Waals surface area (Å²) in [6.45, 7) is 4.72. The van der Waals surface area contributed by atoms with Crippen LogP contribution >= 0.6 is 0 Å². The van der Waals surface area contributed by atoms with Gasteiger partial charge in [0.2, 0.25) is 0 Å². The molecule has 2 heterocycles. The van der Waals surface area contributed by atoms with E-state index in [0.29, 0.717) is 19.6 Å². The zero-order chi connectivity index (χ0) is 12.4. The van der Waals surface area contributed by atoms with Crippen LogP contribution in [0.4, 0.5) is 4.79 Å². The number of urea groups is 1. The summed E-state index contributed by atoms with van der Waals surface area (Å²) in [6, 6.07) is 0.0513. The highest BCUT2D eigenvalue weighted by atomic mass is 16.4. The minimum atomic E-state index is -0.779. The summed E-state index contributed by atoms with van der Waals surface area (Å²) in [7, 11) is 0. The maximum absolute atomic E-state index is 12.0. The molecule has 2 aliphatic heterocycles. The molecule has 0 radical (unpaired) electrons. The molecule has 5 nitrogen and oxygen atoms in total. The van der Waals surface area contributed by atoms with Gasteiger partial charge in [-0.25, -0.2) is 4.79 Å². The predicted molar refractivity (Wildman–Crippen MR) is 62.7 cm³/mol. The molecule has 5 heteroatoms. The second-order valence-electron chi connectivity index (χ2n) is 4.90. The standard InChI is InChI=1S/C12H18N2O3/c1-9-2-4-13(5-3-9)12(17)14-7-10(8-14)6-11(15)16/h2,10H,3-8H2,1H3,(H,15,16). The number of nitrogens with zero attached hydrogens (tertiary/aromatic N) is 2. The van der Waals surface area contributed by atoms with Crippen molar-refractivity contribution in [3.05, 3.63) is 11.6 Å². The summed E-state index contributed by atoms with van der Waals surface area (Å²) in [6.07, 6.45) is 3.19. The summed E-state index contributed by atoms with van der Waals surface area (Å²) in [5.74, 6) is -0.642. The number of carboxylic acids is 1. The Balaban J connectivity index is 1.78. The summed E-state index contributed by atoms with van der Waals surface area (Å²) < 4.78 is 0. The smallest absolute Gasteiger partial charge is 0.320 e. The van der Waals surface area contributed by atoms with Crippen molar-refractivity contribution >= 4 is 12.0 Å². The van der Waals surface area contributed by atoms with Crippen molar-refractivity contribution in [2.75, 3.05) is 26.2 Å². The molecular weight excluding hydrogens is 220 g/mol. The quantitative estimate of drug-likeness (QED) is 0.734. The molecule has 0 aromatic rings. The molecule has 0 bridgehead atoms. The van der Waals surface area contributed by atoms with Crippen LogP contribution in [-0.2, 0) is 4.79 Å². The van der Waals surface area contributed by atoms with Gasteiger partial charge in [0.1, 0.15) is 0 Å². The molecule has 0 atom stereocenters. The summed E-state index contributed by atoms with van der Waals surface area (Å²) in [5.41, 5.74) is 1.33. The van der Waals surface area contributed by atoms with Gasteiger partial charge in [0.05, 0.1) is 6.42 Å². The average Bonchev–Trinajstić information content (AvgIpc) is 2.23. The molecule has 17 heavy (non-hydrogen) atoms. The van der Waals surface area contributed by atoms with E-state index in [2.05, 4.69) is 13.0 Å². The number of likely N-dealkylation sites (tertiary alicyclic amines) is 1. The zero-order valence-corrected chi connectivity index (χ0v) is 10.1. The Kier molecular flexibility index (Phi) is 3.36. The van der Waals surface area contributed by atoms with Gasteiger partial charge in [0.15, 0.2) is 0 Å². The highest BCUT2D eigenvalue weighted by Crippen LogP contribution is 2.22. The molecule has 2 aliphatic rings. The molecule has 2 amide bonds. The Morgan fingerprint density at radius 1 is 1.41 bits per heavy atom. The Labute approximate surface area is 101 Å². The maximum atomic E-state index is 12.0. The lowest BCUT2D eigenvalue weighted by molar-refractivity contribution is -0.139. The zero-order valence-electron chi connectivity index (χ0n) is 10.1. The Bertz CT molecular complexity index is 359. The number of hydrogen-bond donors (Lipinski definition) is 1. The van der Waals surface area contributed by atoms with Gasteiger partial charge >= 0.3 is 12.0 Å². The minimum Gasteiger partial charge on any atom is -0.481 e. The van der Waals surface area contributed by atoms with Gasteiger partial charge in [-0.1, -0.05) is 11.6 Å². The van der Waals surface area contributed by atoms with Crippen LogP contribution in [0.2, 0.25) is 0 Å². The first-order valence-electron chi connectivity index (χ1n) is 5.97. The van der Waals surface area contributed by atoms with Crippen molar-refractivity contribution in [3.8, 4) is 0 Å². The third-order valence-corrected chi connectivity index (χ3v) is 3.40. The monoisotopic (exact) mass is 238 g/mol. The number of carboxylic acid groups (broad SMARTS) is 1. The molecule has 0 saturated carbocycles. The molecule has 1 fully saturated rings. The van der Waals surface area contributed by atoms with E-state index >= 15 is 0 Å². The van der Waals surface area contributed by atoms with Crippen LogP contribution in [0, 0.1) is 5.92 Å². The Morgan fingerprint density at radius 3 is 2.65 bits per heavy atom. The van der Waals surface area contributed by atoms with E-state index in [1.807, 2.05) is 4.90 Å². The number of aliphatic carboxylic acids is 1. The van der Waals surface area contributed by atoms with E-state index in [9.17, 15) is 9.59 Å². The van der Waals surface area contributed by atoms with Crippen LogP contribution in [-0.4, -0.2) is 53.1 Å². The molecule has 0 unspecified atom stereocenters. The predicted octanol–water partition coefficient (Wildman–Crippen LogP) is 1.16. The molecule has 2 rings (SSSR count). The van der Waals surface area contributed by atoms with Gasteiger partial charge in [0, 0.05) is 32.1 Å².